The van der Waals surface area contributed by atoms with E-state index >= 15 is 0 Å². The highest BCUT2D eigenvalue weighted by atomic mass is 16.1. The van der Waals surface area contributed by atoms with Crippen LogP contribution in [0.1, 0.15) is 25.5 Å². The van der Waals surface area contributed by atoms with E-state index in [9.17, 15) is 4.79 Å². The van der Waals surface area contributed by atoms with Gasteiger partial charge in [-0.05, 0) is 25.0 Å². The van der Waals surface area contributed by atoms with Crippen LogP contribution in [0.2, 0.25) is 0 Å². The standard InChI is InChI=1S/C12H16N2O/c1-2-10-8-11(5-6-13-10)14-7-3-4-12(15)9-14/h5-6,8H,2-4,7,9H2,1H3. The van der Waals surface area contributed by atoms with Crippen molar-refractivity contribution in [2.24, 2.45) is 0 Å². The fourth-order valence-electron chi connectivity index (χ4n) is 1.91. The van der Waals surface area contributed by atoms with Crippen LogP contribution >= 0.6 is 0 Å². The lowest BCUT2D eigenvalue weighted by Crippen LogP contribution is -2.35. The number of nitrogens with zero attached hydrogens (tertiary/aromatic N) is 2. The van der Waals surface area contributed by atoms with Gasteiger partial charge in [-0.1, -0.05) is 6.92 Å². The minimum Gasteiger partial charge on any atom is -0.364 e. The number of hydrogen-bond donors (Lipinski definition) is 0. The van der Waals surface area contributed by atoms with Gasteiger partial charge in [0, 0.05) is 30.5 Å². The van der Waals surface area contributed by atoms with E-state index in [1.165, 1.54) is 0 Å². The number of ketones is 1. The molecule has 0 amide bonds. The van der Waals surface area contributed by atoms with Crippen molar-refractivity contribution in [3.63, 3.8) is 0 Å². The molecule has 1 saturated heterocycles. The highest BCUT2D eigenvalue weighted by Gasteiger charge is 2.16. The Morgan fingerprint density at radius 1 is 1.53 bits per heavy atom. The monoisotopic (exact) mass is 204 g/mol. The van der Waals surface area contributed by atoms with Gasteiger partial charge in [0.15, 0.2) is 5.78 Å². The number of rotatable bonds is 2. The third-order valence-corrected chi connectivity index (χ3v) is 2.78. The molecule has 0 radical (unpaired) electrons. The number of pyridine rings is 1. The molecule has 0 aliphatic carbocycles. The molecule has 1 aliphatic heterocycles. The van der Waals surface area contributed by atoms with Crippen LogP contribution in [0.4, 0.5) is 5.69 Å². The van der Waals surface area contributed by atoms with Crippen LogP contribution in [0, 0.1) is 0 Å². The fraction of sp³-hybridized carbons (Fsp3) is 0.500. The van der Waals surface area contributed by atoms with Crippen molar-refractivity contribution in [2.45, 2.75) is 26.2 Å². The first kappa shape index (κ1) is 10.1. The van der Waals surface area contributed by atoms with E-state index in [2.05, 4.69) is 22.9 Å². The Labute approximate surface area is 90.1 Å². The van der Waals surface area contributed by atoms with Gasteiger partial charge in [0.05, 0.1) is 6.54 Å². The maximum atomic E-state index is 11.3. The third-order valence-electron chi connectivity index (χ3n) is 2.78. The van der Waals surface area contributed by atoms with Crippen molar-refractivity contribution in [1.29, 1.82) is 0 Å². The van der Waals surface area contributed by atoms with E-state index < -0.39 is 0 Å². The van der Waals surface area contributed by atoms with E-state index in [1.807, 2.05) is 12.3 Å². The van der Waals surface area contributed by atoms with Crippen molar-refractivity contribution in [3.8, 4) is 0 Å². The maximum absolute atomic E-state index is 11.3. The molecule has 0 saturated carbocycles. The molecule has 3 heteroatoms. The molecule has 3 nitrogen and oxygen atoms in total. The summed E-state index contributed by atoms with van der Waals surface area (Å²) in [6.45, 7) is 3.64. The lowest BCUT2D eigenvalue weighted by Gasteiger charge is -2.27. The highest BCUT2D eigenvalue weighted by molar-refractivity contribution is 5.84. The molecule has 0 spiro atoms. The molecule has 15 heavy (non-hydrogen) atoms. The summed E-state index contributed by atoms with van der Waals surface area (Å²) in [7, 11) is 0. The predicted molar refractivity (Wildman–Crippen MR) is 60.1 cm³/mol. The Balaban J connectivity index is 2.17. The summed E-state index contributed by atoms with van der Waals surface area (Å²) >= 11 is 0. The molecule has 1 fully saturated rings. The van der Waals surface area contributed by atoms with Crippen molar-refractivity contribution < 1.29 is 4.79 Å². The quantitative estimate of drug-likeness (QED) is 0.736. The van der Waals surface area contributed by atoms with E-state index in [-0.39, 0.29) is 0 Å². The Hall–Kier alpha value is -1.38. The molecule has 0 atom stereocenters. The first-order valence-corrected chi connectivity index (χ1v) is 5.51. The normalized spacial score (nSPS) is 16.9. The minimum absolute atomic E-state index is 0.344. The second kappa shape index (κ2) is 4.43. The van der Waals surface area contributed by atoms with Crippen LogP contribution < -0.4 is 4.90 Å². The lowest BCUT2D eigenvalue weighted by atomic mass is 10.1. The molecule has 0 N–H and O–H groups in total. The van der Waals surface area contributed by atoms with Crippen LogP contribution in [0.25, 0.3) is 0 Å². The van der Waals surface area contributed by atoms with Crippen LogP contribution in [0.5, 0.6) is 0 Å². The number of hydrogen-bond acceptors (Lipinski definition) is 3. The zero-order valence-electron chi connectivity index (χ0n) is 9.07. The molecule has 1 aliphatic rings. The minimum atomic E-state index is 0.344. The van der Waals surface area contributed by atoms with Gasteiger partial charge in [-0.15, -0.1) is 0 Å². The van der Waals surface area contributed by atoms with Crippen LogP contribution in [-0.2, 0) is 11.2 Å². The summed E-state index contributed by atoms with van der Waals surface area (Å²) in [6, 6.07) is 4.07. The Morgan fingerprint density at radius 2 is 2.40 bits per heavy atom. The molecule has 2 rings (SSSR count). The molecular formula is C12H16N2O. The van der Waals surface area contributed by atoms with Gasteiger partial charge in [0.2, 0.25) is 0 Å². The summed E-state index contributed by atoms with van der Waals surface area (Å²) in [4.78, 5) is 17.7. The van der Waals surface area contributed by atoms with Gasteiger partial charge in [-0.3, -0.25) is 9.78 Å². The second-order valence-electron chi connectivity index (χ2n) is 3.92. The van der Waals surface area contributed by atoms with Crippen molar-refractivity contribution in [1.82, 2.24) is 4.98 Å². The Bertz CT molecular complexity index is 362. The Kier molecular flexibility index (Phi) is 2.99. The van der Waals surface area contributed by atoms with Crippen molar-refractivity contribution in [3.05, 3.63) is 24.0 Å². The Morgan fingerprint density at radius 3 is 3.13 bits per heavy atom. The zero-order chi connectivity index (χ0) is 10.7. The van der Waals surface area contributed by atoms with Gasteiger partial charge < -0.3 is 4.90 Å². The molecule has 1 aromatic rings. The number of aryl methyl sites for hydroxylation is 1. The van der Waals surface area contributed by atoms with E-state index in [0.29, 0.717) is 12.3 Å². The number of piperidine rings is 1. The molecular weight excluding hydrogens is 188 g/mol. The first-order valence-electron chi connectivity index (χ1n) is 5.51. The van der Waals surface area contributed by atoms with Gasteiger partial charge in [-0.25, -0.2) is 0 Å². The topological polar surface area (TPSA) is 33.2 Å². The molecule has 0 unspecified atom stereocenters. The molecule has 1 aromatic heterocycles. The summed E-state index contributed by atoms with van der Waals surface area (Å²) in [5.74, 6) is 0.344. The smallest absolute Gasteiger partial charge is 0.152 e. The van der Waals surface area contributed by atoms with Gasteiger partial charge in [0.25, 0.3) is 0 Å². The highest BCUT2D eigenvalue weighted by Crippen LogP contribution is 2.18. The predicted octanol–water partition coefficient (Wildman–Crippen LogP) is 1.81. The van der Waals surface area contributed by atoms with Crippen LogP contribution in [0.15, 0.2) is 18.3 Å². The molecule has 2 heterocycles. The summed E-state index contributed by atoms with van der Waals surface area (Å²) in [6.07, 6.45) is 4.48. The second-order valence-corrected chi connectivity index (χ2v) is 3.92. The fourth-order valence-corrected chi connectivity index (χ4v) is 1.91. The zero-order valence-corrected chi connectivity index (χ0v) is 9.07. The van der Waals surface area contributed by atoms with E-state index in [4.69, 9.17) is 0 Å². The number of carbonyl (C=O) groups excluding carboxylic acids is 1. The number of Topliss-reactive ketones (excluding diaryl/α,β-unsaturated/α-hetero) is 1. The van der Waals surface area contributed by atoms with Gasteiger partial charge in [0.1, 0.15) is 0 Å². The summed E-state index contributed by atoms with van der Waals surface area (Å²) in [5, 5.41) is 0. The summed E-state index contributed by atoms with van der Waals surface area (Å²) in [5.41, 5.74) is 2.22. The largest absolute Gasteiger partial charge is 0.364 e. The average molecular weight is 204 g/mol. The van der Waals surface area contributed by atoms with Crippen molar-refractivity contribution in [2.75, 3.05) is 18.0 Å². The molecule has 0 bridgehead atoms. The summed E-state index contributed by atoms with van der Waals surface area (Å²) < 4.78 is 0. The van der Waals surface area contributed by atoms with E-state index in [1.54, 1.807) is 0 Å². The molecule has 80 valence electrons. The number of anilines is 1. The molecule has 0 aromatic carbocycles. The first-order chi connectivity index (χ1) is 7.29. The van der Waals surface area contributed by atoms with Crippen molar-refractivity contribution >= 4 is 11.5 Å². The maximum Gasteiger partial charge on any atom is 0.152 e. The van der Waals surface area contributed by atoms with Gasteiger partial charge in [-0.2, -0.15) is 0 Å². The number of aromatic nitrogens is 1. The lowest BCUT2D eigenvalue weighted by molar-refractivity contribution is -0.118. The SMILES string of the molecule is CCc1cc(N2CCCC(=O)C2)ccn1. The van der Waals surface area contributed by atoms with E-state index in [0.717, 1.165) is 37.2 Å². The third kappa shape index (κ3) is 2.35. The number of carbonyl (C=O) groups is 1. The van der Waals surface area contributed by atoms with Crippen LogP contribution in [-0.4, -0.2) is 23.9 Å². The average Bonchev–Trinajstić information content (AvgIpc) is 2.29. The van der Waals surface area contributed by atoms with Gasteiger partial charge >= 0.3 is 0 Å². The van der Waals surface area contributed by atoms with Crippen LogP contribution in [0.3, 0.4) is 0 Å².